The SMILES string of the molecule is c1ccn(-c2cncs2)c1. The van der Waals surface area contributed by atoms with Crippen LogP contribution >= 0.6 is 11.3 Å². The van der Waals surface area contributed by atoms with Gasteiger partial charge in [-0.2, -0.15) is 0 Å². The Morgan fingerprint density at radius 3 is 2.70 bits per heavy atom. The summed E-state index contributed by atoms with van der Waals surface area (Å²) in [6, 6.07) is 4.00. The summed E-state index contributed by atoms with van der Waals surface area (Å²) >= 11 is 1.63. The summed E-state index contributed by atoms with van der Waals surface area (Å²) in [6.45, 7) is 0. The molecule has 2 aromatic rings. The zero-order valence-corrected chi connectivity index (χ0v) is 6.08. The van der Waals surface area contributed by atoms with Crippen LogP contribution in [0.25, 0.3) is 5.00 Å². The number of hydrogen-bond donors (Lipinski definition) is 0. The fourth-order valence-electron chi connectivity index (χ4n) is 0.818. The fourth-order valence-corrected chi connectivity index (χ4v) is 1.41. The molecule has 0 amide bonds. The van der Waals surface area contributed by atoms with E-state index >= 15 is 0 Å². The van der Waals surface area contributed by atoms with Crippen LogP contribution in [0.1, 0.15) is 0 Å². The molecule has 0 aromatic carbocycles. The molecule has 0 aliphatic heterocycles. The third-order valence-electron chi connectivity index (χ3n) is 1.28. The van der Waals surface area contributed by atoms with Crippen molar-refractivity contribution in [1.29, 1.82) is 0 Å². The van der Waals surface area contributed by atoms with Crippen LogP contribution in [0.2, 0.25) is 0 Å². The van der Waals surface area contributed by atoms with Crippen molar-refractivity contribution >= 4 is 11.3 Å². The summed E-state index contributed by atoms with van der Waals surface area (Å²) in [5.74, 6) is 0. The molecule has 2 heterocycles. The van der Waals surface area contributed by atoms with Crippen molar-refractivity contribution in [2.24, 2.45) is 0 Å². The van der Waals surface area contributed by atoms with E-state index in [0.717, 1.165) is 5.00 Å². The Kier molecular flexibility index (Phi) is 1.29. The molecule has 2 aromatic heterocycles. The summed E-state index contributed by atoms with van der Waals surface area (Å²) < 4.78 is 2.04. The molecule has 10 heavy (non-hydrogen) atoms. The topological polar surface area (TPSA) is 17.8 Å². The summed E-state index contributed by atoms with van der Waals surface area (Å²) in [6.07, 6.45) is 5.87. The standard InChI is InChI=1S/C7H6N2S/c1-2-4-9(3-1)7-5-8-6-10-7/h1-6H. The van der Waals surface area contributed by atoms with E-state index < -0.39 is 0 Å². The van der Waals surface area contributed by atoms with E-state index in [0.29, 0.717) is 0 Å². The normalized spacial score (nSPS) is 10.0. The first-order valence-corrected chi connectivity index (χ1v) is 3.86. The lowest BCUT2D eigenvalue weighted by Gasteiger charge is -1.92. The van der Waals surface area contributed by atoms with Gasteiger partial charge in [0, 0.05) is 12.4 Å². The number of aromatic nitrogens is 2. The molecule has 0 aliphatic carbocycles. The van der Waals surface area contributed by atoms with Crippen molar-refractivity contribution in [1.82, 2.24) is 9.55 Å². The maximum absolute atomic E-state index is 3.98. The zero-order valence-electron chi connectivity index (χ0n) is 5.27. The highest BCUT2D eigenvalue weighted by atomic mass is 32.1. The van der Waals surface area contributed by atoms with Crippen molar-refractivity contribution in [3.05, 3.63) is 36.2 Å². The van der Waals surface area contributed by atoms with Gasteiger partial charge in [0.15, 0.2) is 0 Å². The van der Waals surface area contributed by atoms with Gasteiger partial charge in [0.25, 0.3) is 0 Å². The average Bonchev–Trinajstić information content (AvgIpc) is 2.59. The lowest BCUT2D eigenvalue weighted by atomic mass is 10.7. The number of nitrogens with zero attached hydrogens (tertiary/aromatic N) is 2. The quantitative estimate of drug-likeness (QED) is 0.607. The van der Waals surface area contributed by atoms with Gasteiger partial charge < -0.3 is 4.57 Å². The number of rotatable bonds is 1. The minimum atomic E-state index is 1.16. The minimum Gasteiger partial charge on any atom is -0.314 e. The molecule has 0 radical (unpaired) electrons. The van der Waals surface area contributed by atoms with Crippen molar-refractivity contribution in [3.63, 3.8) is 0 Å². The lowest BCUT2D eigenvalue weighted by molar-refractivity contribution is 1.10. The molecule has 3 heteroatoms. The van der Waals surface area contributed by atoms with Crippen molar-refractivity contribution in [2.45, 2.75) is 0 Å². The molecule has 0 unspecified atom stereocenters. The maximum Gasteiger partial charge on any atom is 0.119 e. The summed E-state index contributed by atoms with van der Waals surface area (Å²) in [7, 11) is 0. The van der Waals surface area contributed by atoms with Gasteiger partial charge in [-0.25, -0.2) is 0 Å². The van der Waals surface area contributed by atoms with Gasteiger partial charge in [-0.05, 0) is 12.1 Å². The monoisotopic (exact) mass is 150 g/mol. The van der Waals surface area contributed by atoms with Gasteiger partial charge in [0.05, 0.1) is 11.7 Å². The van der Waals surface area contributed by atoms with Crippen molar-refractivity contribution < 1.29 is 0 Å². The van der Waals surface area contributed by atoms with Gasteiger partial charge in [-0.15, -0.1) is 11.3 Å². The van der Waals surface area contributed by atoms with Crippen LogP contribution in [0, 0.1) is 0 Å². The summed E-state index contributed by atoms with van der Waals surface area (Å²) in [4.78, 5) is 3.98. The third-order valence-corrected chi connectivity index (χ3v) is 2.06. The highest BCUT2D eigenvalue weighted by molar-refractivity contribution is 7.12. The molecule has 0 saturated carbocycles. The van der Waals surface area contributed by atoms with Crippen molar-refractivity contribution in [2.75, 3.05) is 0 Å². The second-order valence-corrected chi connectivity index (χ2v) is 2.79. The Morgan fingerprint density at radius 2 is 2.10 bits per heavy atom. The first-order valence-electron chi connectivity index (χ1n) is 2.98. The Balaban J connectivity index is 2.48. The molecule has 0 N–H and O–H groups in total. The summed E-state index contributed by atoms with van der Waals surface area (Å²) in [5, 5.41) is 1.16. The first-order chi connectivity index (χ1) is 4.97. The predicted octanol–water partition coefficient (Wildman–Crippen LogP) is 1.93. The second kappa shape index (κ2) is 2.27. The molecule has 50 valence electrons. The van der Waals surface area contributed by atoms with E-state index in [9.17, 15) is 0 Å². The van der Waals surface area contributed by atoms with Crippen molar-refractivity contribution in [3.8, 4) is 5.00 Å². The zero-order chi connectivity index (χ0) is 6.81. The molecule has 0 atom stereocenters. The van der Waals surface area contributed by atoms with E-state index in [2.05, 4.69) is 4.98 Å². The summed E-state index contributed by atoms with van der Waals surface area (Å²) in [5.41, 5.74) is 1.83. The van der Waals surface area contributed by atoms with E-state index in [4.69, 9.17) is 0 Å². The second-order valence-electron chi connectivity index (χ2n) is 1.93. The van der Waals surface area contributed by atoms with Crippen LogP contribution in [0.15, 0.2) is 36.2 Å². The predicted molar refractivity (Wildman–Crippen MR) is 41.4 cm³/mol. The van der Waals surface area contributed by atoms with Gasteiger partial charge in [0.2, 0.25) is 0 Å². The van der Waals surface area contributed by atoms with Crippen LogP contribution in [0.3, 0.4) is 0 Å². The average molecular weight is 150 g/mol. The van der Waals surface area contributed by atoms with Crippen LogP contribution in [0.5, 0.6) is 0 Å². The molecule has 0 bridgehead atoms. The largest absolute Gasteiger partial charge is 0.314 e. The van der Waals surface area contributed by atoms with E-state index in [1.807, 2.05) is 40.8 Å². The molecule has 0 saturated heterocycles. The smallest absolute Gasteiger partial charge is 0.119 e. The molecular formula is C7H6N2S. The van der Waals surface area contributed by atoms with Gasteiger partial charge >= 0.3 is 0 Å². The Labute approximate surface area is 62.8 Å². The molecular weight excluding hydrogens is 144 g/mol. The first kappa shape index (κ1) is 5.68. The van der Waals surface area contributed by atoms with E-state index in [1.165, 1.54) is 0 Å². The number of thiazole rings is 1. The van der Waals surface area contributed by atoms with Crippen LogP contribution in [0.4, 0.5) is 0 Å². The molecule has 2 nitrogen and oxygen atoms in total. The maximum atomic E-state index is 3.98. The Hall–Kier alpha value is -1.09. The van der Waals surface area contributed by atoms with E-state index in [1.54, 1.807) is 11.3 Å². The Bertz CT molecular complexity index is 251. The minimum absolute atomic E-state index is 1.16. The van der Waals surface area contributed by atoms with Crippen LogP contribution in [-0.4, -0.2) is 9.55 Å². The molecule has 2 rings (SSSR count). The van der Waals surface area contributed by atoms with Crippen LogP contribution < -0.4 is 0 Å². The highest BCUT2D eigenvalue weighted by Crippen LogP contribution is 2.11. The van der Waals surface area contributed by atoms with E-state index in [-0.39, 0.29) is 0 Å². The molecule has 0 spiro atoms. The number of hydrogen-bond acceptors (Lipinski definition) is 2. The third kappa shape index (κ3) is 0.844. The van der Waals surface area contributed by atoms with Gasteiger partial charge in [-0.3, -0.25) is 4.98 Å². The fraction of sp³-hybridized carbons (Fsp3) is 0. The van der Waals surface area contributed by atoms with Crippen LogP contribution in [-0.2, 0) is 0 Å². The molecule has 0 fully saturated rings. The van der Waals surface area contributed by atoms with Gasteiger partial charge in [0.1, 0.15) is 5.00 Å². The Morgan fingerprint density at radius 1 is 1.30 bits per heavy atom. The van der Waals surface area contributed by atoms with Gasteiger partial charge in [-0.1, -0.05) is 0 Å². The highest BCUT2D eigenvalue weighted by Gasteiger charge is 1.92. The molecule has 0 aliphatic rings. The lowest BCUT2D eigenvalue weighted by Crippen LogP contribution is -1.82.